The van der Waals surface area contributed by atoms with Crippen LogP contribution in [0, 0.1) is 12.8 Å². The molecule has 1 saturated carbocycles. The van der Waals surface area contributed by atoms with Gasteiger partial charge in [-0.25, -0.2) is 8.42 Å². The summed E-state index contributed by atoms with van der Waals surface area (Å²) in [4.78, 5) is 0. The Morgan fingerprint density at radius 2 is 1.92 bits per heavy atom. The molecule has 1 aromatic carbocycles. The second-order valence-electron chi connectivity index (χ2n) is 6.20. The van der Waals surface area contributed by atoms with E-state index in [4.69, 9.17) is 0 Å². The summed E-state index contributed by atoms with van der Waals surface area (Å²) in [5, 5.41) is 1.29. The first-order valence-electron chi connectivity index (χ1n) is 7.73. The SMILES string of the molecule is Cc1c(N(CCC2CC2)S(=O)(=O)CC(F)(F)F)sc2ccccc12. The first kappa shape index (κ1) is 17.5. The summed E-state index contributed by atoms with van der Waals surface area (Å²) in [6, 6.07) is 7.39. The van der Waals surface area contributed by atoms with Crippen LogP contribution in [-0.4, -0.2) is 26.9 Å². The normalized spacial score (nSPS) is 15.8. The Labute approximate surface area is 143 Å². The van der Waals surface area contributed by atoms with Gasteiger partial charge in [-0.1, -0.05) is 31.0 Å². The third kappa shape index (κ3) is 3.85. The number of alkyl halides is 3. The van der Waals surface area contributed by atoms with Gasteiger partial charge >= 0.3 is 6.18 Å². The van der Waals surface area contributed by atoms with Gasteiger partial charge in [0.2, 0.25) is 10.0 Å². The molecule has 0 radical (unpaired) electrons. The zero-order valence-electron chi connectivity index (χ0n) is 13.1. The second-order valence-corrected chi connectivity index (χ2v) is 9.13. The van der Waals surface area contributed by atoms with Crippen molar-refractivity contribution in [2.24, 2.45) is 5.92 Å². The zero-order chi connectivity index (χ0) is 17.5. The van der Waals surface area contributed by atoms with Gasteiger partial charge in [-0.3, -0.25) is 4.31 Å². The monoisotopic (exact) mass is 377 g/mol. The van der Waals surface area contributed by atoms with Crippen LogP contribution < -0.4 is 4.31 Å². The lowest BCUT2D eigenvalue weighted by Crippen LogP contribution is -2.38. The average Bonchev–Trinajstić information content (AvgIpc) is 3.22. The summed E-state index contributed by atoms with van der Waals surface area (Å²) >= 11 is 1.24. The molecule has 132 valence electrons. The number of benzene rings is 1. The van der Waals surface area contributed by atoms with E-state index in [1.165, 1.54) is 11.3 Å². The van der Waals surface area contributed by atoms with Crippen LogP contribution in [0.4, 0.5) is 18.2 Å². The van der Waals surface area contributed by atoms with E-state index in [0.29, 0.717) is 17.3 Å². The number of sulfonamides is 1. The topological polar surface area (TPSA) is 37.4 Å². The molecule has 0 N–H and O–H groups in total. The van der Waals surface area contributed by atoms with Crippen molar-refractivity contribution in [3.8, 4) is 0 Å². The molecular weight excluding hydrogens is 359 g/mol. The lowest BCUT2D eigenvalue weighted by Gasteiger charge is -2.24. The maximum atomic E-state index is 12.7. The highest BCUT2D eigenvalue weighted by Crippen LogP contribution is 2.41. The Bertz CT molecular complexity index is 839. The molecule has 3 rings (SSSR count). The number of thiophene rings is 1. The molecule has 0 bridgehead atoms. The van der Waals surface area contributed by atoms with Crippen molar-refractivity contribution < 1.29 is 21.6 Å². The highest BCUT2D eigenvalue weighted by Gasteiger charge is 2.40. The van der Waals surface area contributed by atoms with Gasteiger partial charge in [0.1, 0.15) is 5.00 Å². The minimum atomic E-state index is -4.75. The fourth-order valence-corrected chi connectivity index (χ4v) is 5.69. The second kappa shape index (κ2) is 6.22. The molecule has 0 amide bonds. The average molecular weight is 377 g/mol. The van der Waals surface area contributed by atoms with E-state index in [1.54, 1.807) is 6.92 Å². The van der Waals surface area contributed by atoms with E-state index >= 15 is 0 Å². The standard InChI is InChI=1S/C16H18F3NO2S2/c1-11-13-4-2-3-5-14(13)23-15(11)20(9-8-12-6-7-12)24(21,22)10-16(17,18)19/h2-5,12H,6-10H2,1H3. The smallest absolute Gasteiger partial charge is 0.260 e. The summed E-state index contributed by atoms with van der Waals surface area (Å²) in [7, 11) is -4.45. The lowest BCUT2D eigenvalue weighted by atomic mass is 10.2. The van der Waals surface area contributed by atoms with E-state index in [0.717, 1.165) is 32.8 Å². The summed E-state index contributed by atoms with van der Waals surface area (Å²) in [5.74, 6) is -1.39. The van der Waals surface area contributed by atoms with Crippen molar-refractivity contribution in [1.82, 2.24) is 0 Å². The molecule has 3 nitrogen and oxygen atoms in total. The molecule has 8 heteroatoms. The van der Waals surface area contributed by atoms with Gasteiger partial charge in [-0.15, -0.1) is 11.3 Å². The first-order valence-corrected chi connectivity index (χ1v) is 10.2. The van der Waals surface area contributed by atoms with Gasteiger partial charge in [0, 0.05) is 11.2 Å². The van der Waals surface area contributed by atoms with E-state index in [-0.39, 0.29) is 6.54 Å². The fourth-order valence-electron chi connectivity index (χ4n) is 2.76. The fraction of sp³-hybridized carbons (Fsp3) is 0.500. The number of aryl methyl sites for hydroxylation is 1. The quantitative estimate of drug-likeness (QED) is 0.731. The number of rotatable bonds is 6. The van der Waals surface area contributed by atoms with Gasteiger partial charge in [-0.2, -0.15) is 13.2 Å². The van der Waals surface area contributed by atoms with Crippen LogP contribution in [-0.2, 0) is 10.0 Å². The van der Waals surface area contributed by atoms with E-state index in [2.05, 4.69) is 0 Å². The predicted molar refractivity (Wildman–Crippen MR) is 91.1 cm³/mol. The van der Waals surface area contributed by atoms with Crippen molar-refractivity contribution in [3.63, 3.8) is 0 Å². The van der Waals surface area contributed by atoms with Crippen LogP contribution in [0.5, 0.6) is 0 Å². The summed E-state index contributed by atoms with van der Waals surface area (Å²) < 4.78 is 64.9. The van der Waals surface area contributed by atoms with Crippen LogP contribution >= 0.6 is 11.3 Å². The maximum Gasteiger partial charge on any atom is 0.404 e. The number of hydrogen-bond acceptors (Lipinski definition) is 3. The zero-order valence-corrected chi connectivity index (χ0v) is 14.8. The van der Waals surface area contributed by atoms with Crippen LogP contribution in [0.2, 0.25) is 0 Å². The van der Waals surface area contributed by atoms with Gasteiger partial charge in [0.25, 0.3) is 0 Å². The number of fused-ring (bicyclic) bond motifs is 1. The Balaban J connectivity index is 2.00. The third-order valence-electron chi connectivity index (χ3n) is 4.16. The molecule has 1 aliphatic rings. The molecule has 0 spiro atoms. The minimum Gasteiger partial charge on any atom is -0.260 e. The lowest BCUT2D eigenvalue weighted by molar-refractivity contribution is -0.106. The molecule has 1 fully saturated rings. The van der Waals surface area contributed by atoms with Crippen molar-refractivity contribution in [1.29, 1.82) is 0 Å². The first-order chi connectivity index (χ1) is 11.2. The molecule has 24 heavy (non-hydrogen) atoms. The molecular formula is C16H18F3NO2S2. The van der Waals surface area contributed by atoms with E-state index < -0.39 is 22.0 Å². The Morgan fingerprint density at radius 1 is 1.25 bits per heavy atom. The molecule has 0 atom stereocenters. The van der Waals surface area contributed by atoms with Crippen LogP contribution in [0.3, 0.4) is 0 Å². The van der Waals surface area contributed by atoms with Crippen LogP contribution in [0.1, 0.15) is 24.8 Å². The van der Waals surface area contributed by atoms with Crippen molar-refractivity contribution in [2.75, 3.05) is 16.6 Å². The number of nitrogens with zero attached hydrogens (tertiary/aromatic N) is 1. The van der Waals surface area contributed by atoms with E-state index in [1.807, 2.05) is 24.3 Å². The number of anilines is 1. The largest absolute Gasteiger partial charge is 0.404 e. The molecule has 0 aliphatic heterocycles. The molecule has 1 aliphatic carbocycles. The maximum absolute atomic E-state index is 12.7. The Kier molecular flexibility index (Phi) is 4.55. The number of hydrogen-bond donors (Lipinski definition) is 0. The van der Waals surface area contributed by atoms with Crippen molar-refractivity contribution in [3.05, 3.63) is 29.8 Å². The van der Waals surface area contributed by atoms with Gasteiger partial charge < -0.3 is 0 Å². The van der Waals surface area contributed by atoms with Gasteiger partial charge in [0.15, 0.2) is 5.75 Å². The van der Waals surface area contributed by atoms with Crippen LogP contribution in [0.25, 0.3) is 10.1 Å². The van der Waals surface area contributed by atoms with E-state index in [9.17, 15) is 21.6 Å². The highest BCUT2D eigenvalue weighted by molar-refractivity contribution is 7.93. The summed E-state index contributed by atoms with van der Waals surface area (Å²) in [5.41, 5.74) is 0.720. The summed E-state index contributed by atoms with van der Waals surface area (Å²) in [6.07, 6.45) is -2.09. The Hall–Kier alpha value is -1.28. The van der Waals surface area contributed by atoms with Crippen LogP contribution in [0.15, 0.2) is 24.3 Å². The number of halogens is 3. The van der Waals surface area contributed by atoms with Crippen molar-refractivity contribution in [2.45, 2.75) is 32.4 Å². The van der Waals surface area contributed by atoms with Gasteiger partial charge in [-0.05, 0) is 36.3 Å². The highest BCUT2D eigenvalue weighted by atomic mass is 32.2. The Morgan fingerprint density at radius 3 is 2.50 bits per heavy atom. The predicted octanol–water partition coefficient (Wildman–Crippen LogP) is 4.71. The van der Waals surface area contributed by atoms with Gasteiger partial charge in [0.05, 0.1) is 0 Å². The molecule has 1 aromatic heterocycles. The molecule has 0 saturated heterocycles. The minimum absolute atomic E-state index is 0.108. The summed E-state index contributed by atoms with van der Waals surface area (Å²) in [6.45, 7) is 1.87. The third-order valence-corrected chi connectivity index (χ3v) is 7.30. The molecule has 0 unspecified atom stereocenters. The molecule has 2 aromatic rings. The molecule has 1 heterocycles. The van der Waals surface area contributed by atoms with Crippen molar-refractivity contribution >= 4 is 36.4 Å².